The Morgan fingerprint density at radius 2 is 1.96 bits per heavy atom. The van der Waals surface area contributed by atoms with Gasteiger partial charge in [-0.1, -0.05) is 18.0 Å². The predicted octanol–water partition coefficient (Wildman–Crippen LogP) is 3.06. The van der Waals surface area contributed by atoms with E-state index in [1.54, 1.807) is 0 Å². The van der Waals surface area contributed by atoms with Gasteiger partial charge in [0.2, 0.25) is 0 Å². The van der Waals surface area contributed by atoms with Crippen molar-refractivity contribution in [1.29, 1.82) is 0 Å². The van der Waals surface area contributed by atoms with E-state index in [4.69, 9.17) is 15.4 Å². The molecule has 3 heterocycles. The van der Waals surface area contributed by atoms with Crippen LogP contribution in [0.2, 0.25) is 0 Å². The van der Waals surface area contributed by atoms with Crippen LogP contribution in [0.3, 0.4) is 0 Å². The highest BCUT2D eigenvalue weighted by Crippen LogP contribution is 2.42. The number of nitrogens with zero attached hydrogens (tertiary/aromatic N) is 5. The molecule has 3 aromatic rings. The Morgan fingerprint density at radius 3 is 2.74 bits per heavy atom. The maximum Gasteiger partial charge on any atom is 0.164 e. The van der Waals surface area contributed by atoms with E-state index in [-0.39, 0.29) is 0 Å². The molecule has 0 unspecified atom stereocenters. The summed E-state index contributed by atoms with van der Waals surface area (Å²) >= 11 is 0. The first kappa shape index (κ1) is 13.0. The smallest absolute Gasteiger partial charge is 0.164 e. The highest BCUT2D eigenvalue weighted by Gasteiger charge is 2.30. The Labute approximate surface area is 132 Å². The van der Waals surface area contributed by atoms with E-state index in [1.807, 2.05) is 10.7 Å². The summed E-state index contributed by atoms with van der Waals surface area (Å²) in [5.41, 5.74) is 8.39. The largest absolute Gasteiger partial charge is 0.383 e. The lowest BCUT2D eigenvalue weighted by Gasteiger charge is -2.09. The number of aromatic nitrogens is 5. The van der Waals surface area contributed by atoms with E-state index in [2.05, 4.69) is 15.1 Å². The third-order valence-electron chi connectivity index (χ3n) is 4.94. The van der Waals surface area contributed by atoms with Crippen molar-refractivity contribution in [2.24, 2.45) is 0 Å². The fourth-order valence-electron chi connectivity index (χ4n) is 3.54. The maximum absolute atomic E-state index is 6.12. The summed E-state index contributed by atoms with van der Waals surface area (Å²) in [5, 5.41) is 9.81. The van der Waals surface area contributed by atoms with Crippen LogP contribution in [0.5, 0.6) is 0 Å². The summed E-state index contributed by atoms with van der Waals surface area (Å²) in [6.07, 6.45) is 8.59. The molecule has 7 nitrogen and oxygen atoms in total. The lowest BCUT2D eigenvalue weighted by atomic mass is 10.2. The monoisotopic (exact) mass is 310 g/mol. The van der Waals surface area contributed by atoms with Crippen LogP contribution >= 0.6 is 0 Å². The van der Waals surface area contributed by atoms with Gasteiger partial charge in [0.15, 0.2) is 5.65 Å². The molecule has 0 saturated heterocycles. The second-order valence-electron chi connectivity index (χ2n) is 6.58. The fourth-order valence-corrected chi connectivity index (χ4v) is 3.54. The highest BCUT2D eigenvalue weighted by atomic mass is 16.5. The standard InChI is InChI=1S/C16H18N6O/c17-15-13-14(11-7-12(23-21-11)9-5-6-9)20-22(10-3-1-2-4-10)16(13)19-8-18-15/h7-10H,1-6H2,(H2,17,18,19). The fraction of sp³-hybridized carbons (Fsp3) is 0.500. The summed E-state index contributed by atoms with van der Waals surface area (Å²) in [7, 11) is 0. The molecule has 0 bridgehead atoms. The second kappa shape index (κ2) is 4.78. The molecule has 2 fully saturated rings. The molecule has 118 valence electrons. The van der Waals surface area contributed by atoms with E-state index < -0.39 is 0 Å². The molecule has 2 saturated carbocycles. The molecule has 2 N–H and O–H groups in total. The molecule has 7 heteroatoms. The molecule has 0 aliphatic heterocycles. The highest BCUT2D eigenvalue weighted by molar-refractivity contribution is 5.97. The van der Waals surface area contributed by atoms with E-state index >= 15 is 0 Å². The normalized spacial score (nSPS) is 19.0. The van der Waals surface area contributed by atoms with Crippen molar-refractivity contribution in [3.8, 4) is 11.4 Å². The summed E-state index contributed by atoms with van der Waals surface area (Å²) < 4.78 is 7.50. The summed E-state index contributed by atoms with van der Waals surface area (Å²) in [5.74, 6) is 1.91. The number of nitrogens with two attached hydrogens (primary N) is 1. The van der Waals surface area contributed by atoms with Gasteiger partial charge in [-0.3, -0.25) is 0 Å². The molecule has 23 heavy (non-hydrogen) atoms. The van der Waals surface area contributed by atoms with Gasteiger partial charge in [-0.2, -0.15) is 5.10 Å². The van der Waals surface area contributed by atoms with E-state index in [1.165, 1.54) is 32.0 Å². The minimum Gasteiger partial charge on any atom is -0.383 e. The molecule has 2 aliphatic carbocycles. The van der Waals surface area contributed by atoms with Crippen LogP contribution in [-0.4, -0.2) is 24.9 Å². The first-order chi connectivity index (χ1) is 11.3. The van der Waals surface area contributed by atoms with Gasteiger partial charge >= 0.3 is 0 Å². The van der Waals surface area contributed by atoms with Crippen molar-refractivity contribution in [3.05, 3.63) is 18.2 Å². The van der Waals surface area contributed by atoms with Crippen LogP contribution in [0, 0.1) is 0 Å². The predicted molar refractivity (Wildman–Crippen MR) is 84.7 cm³/mol. The van der Waals surface area contributed by atoms with Crippen LogP contribution in [0.1, 0.15) is 56.2 Å². The van der Waals surface area contributed by atoms with Crippen LogP contribution in [-0.2, 0) is 0 Å². The average molecular weight is 310 g/mol. The van der Waals surface area contributed by atoms with Gasteiger partial charge < -0.3 is 10.3 Å². The zero-order valence-electron chi connectivity index (χ0n) is 12.8. The Hall–Kier alpha value is -2.44. The minimum absolute atomic E-state index is 0.385. The van der Waals surface area contributed by atoms with Crippen LogP contribution in [0.25, 0.3) is 22.4 Å². The Kier molecular flexibility index (Phi) is 2.71. The molecule has 0 radical (unpaired) electrons. The van der Waals surface area contributed by atoms with Gasteiger partial charge in [0, 0.05) is 12.0 Å². The number of nitrogen functional groups attached to an aromatic ring is 1. The molecule has 0 atom stereocenters. The minimum atomic E-state index is 0.385. The van der Waals surface area contributed by atoms with E-state index in [0.29, 0.717) is 17.8 Å². The van der Waals surface area contributed by atoms with Gasteiger partial charge in [0.05, 0.1) is 11.4 Å². The van der Waals surface area contributed by atoms with Crippen molar-refractivity contribution >= 4 is 16.9 Å². The zero-order valence-corrected chi connectivity index (χ0v) is 12.8. The SMILES string of the molecule is Nc1ncnc2c1c(-c1cc(C3CC3)on1)nn2C1CCCC1. The maximum atomic E-state index is 6.12. The lowest BCUT2D eigenvalue weighted by Crippen LogP contribution is -2.07. The van der Waals surface area contributed by atoms with Crippen molar-refractivity contribution < 1.29 is 4.52 Å². The number of hydrogen-bond acceptors (Lipinski definition) is 6. The number of fused-ring (bicyclic) bond motifs is 1. The topological polar surface area (TPSA) is 95.7 Å². The lowest BCUT2D eigenvalue weighted by molar-refractivity contribution is 0.386. The quantitative estimate of drug-likeness (QED) is 0.798. The van der Waals surface area contributed by atoms with Gasteiger partial charge in [0.1, 0.15) is 29.3 Å². The van der Waals surface area contributed by atoms with Crippen molar-refractivity contribution in [1.82, 2.24) is 24.9 Å². The summed E-state index contributed by atoms with van der Waals surface area (Å²) in [4.78, 5) is 8.58. The molecule has 3 aromatic heterocycles. The average Bonchev–Trinajstić information content (AvgIpc) is 2.99. The van der Waals surface area contributed by atoms with Crippen molar-refractivity contribution in [3.63, 3.8) is 0 Å². The van der Waals surface area contributed by atoms with Gasteiger partial charge in [0.25, 0.3) is 0 Å². The second-order valence-corrected chi connectivity index (χ2v) is 6.58. The third kappa shape index (κ3) is 2.03. The molecular weight excluding hydrogens is 292 g/mol. The van der Waals surface area contributed by atoms with Gasteiger partial charge in [-0.25, -0.2) is 14.6 Å². The van der Waals surface area contributed by atoms with Gasteiger partial charge in [-0.15, -0.1) is 0 Å². The summed E-state index contributed by atoms with van der Waals surface area (Å²) in [6, 6.07) is 2.38. The van der Waals surface area contributed by atoms with Crippen molar-refractivity contribution in [2.45, 2.75) is 50.5 Å². The molecule has 0 spiro atoms. The van der Waals surface area contributed by atoms with E-state index in [0.717, 1.165) is 41.0 Å². The zero-order chi connectivity index (χ0) is 15.4. The number of rotatable bonds is 3. The third-order valence-corrected chi connectivity index (χ3v) is 4.94. The van der Waals surface area contributed by atoms with Crippen LogP contribution < -0.4 is 5.73 Å². The number of hydrogen-bond donors (Lipinski definition) is 1. The first-order valence-corrected chi connectivity index (χ1v) is 8.27. The molecular formula is C16H18N6O. The van der Waals surface area contributed by atoms with Crippen LogP contribution in [0.4, 0.5) is 5.82 Å². The van der Waals surface area contributed by atoms with Gasteiger partial charge in [-0.05, 0) is 25.7 Å². The number of anilines is 1. The Balaban J connectivity index is 1.69. The Morgan fingerprint density at radius 1 is 1.13 bits per heavy atom. The molecule has 0 aromatic carbocycles. The van der Waals surface area contributed by atoms with E-state index in [9.17, 15) is 0 Å². The van der Waals surface area contributed by atoms with Crippen LogP contribution in [0.15, 0.2) is 16.9 Å². The molecule has 2 aliphatic rings. The Bertz CT molecular complexity index is 872. The first-order valence-electron chi connectivity index (χ1n) is 8.27. The molecule has 0 amide bonds. The van der Waals surface area contributed by atoms with Crippen molar-refractivity contribution in [2.75, 3.05) is 5.73 Å². The summed E-state index contributed by atoms with van der Waals surface area (Å²) in [6.45, 7) is 0. The molecule has 5 rings (SSSR count).